The number of piperidine rings is 1. The third kappa shape index (κ3) is 3.33. The number of carboxylic acids is 1. The zero-order valence-electron chi connectivity index (χ0n) is 13.5. The molecule has 2 amide bonds. The fraction of sp³-hybridized carbons (Fsp3) is 0.875. The van der Waals surface area contributed by atoms with Crippen molar-refractivity contribution in [3.05, 3.63) is 0 Å². The third-order valence-corrected chi connectivity index (χ3v) is 5.52. The monoisotopic (exact) mass is 296 g/mol. The summed E-state index contributed by atoms with van der Waals surface area (Å²) in [4.78, 5) is 27.6. The molecule has 2 unspecified atom stereocenters. The highest BCUT2D eigenvalue weighted by Gasteiger charge is 2.39. The van der Waals surface area contributed by atoms with Crippen LogP contribution >= 0.6 is 0 Å². The first-order valence-corrected chi connectivity index (χ1v) is 8.10. The molecule has 120 valence electrons. The second kappa shape index (κ2) is 6.24. The van der Waals surface area contributed by atoms with E-state index < -0.39 is 11.4 Å². The van der Waals surface area contributed by atoms with Gasteiger partial charge in [-0.2, -0.15) is 0 Å². The van der Waals surface area contributed by atoms with Gasteiger partial charge in [0.1, 0.15) is 0 Å². The Labute approximate surface area is 127 Å². The Morgan fingerprint density at radius 1 is 1.19 bits per heavy atom. The number of aliphatic carboxylic acids is 1. The number of carbonyl (C=O) groups is 2. The molecule has 0 aromatic rings. The van der Waals surface area contributed by atoms with Gasteiger partial charge >= 0.3 is 12.0 Å². The first-order valence-electron chi connectivity index (χ1n) is 8.10. The maximum absolute atomic E-state index is 12.6. The second-order valence-corrected chi connectivity index (χ2v) is 7.08. The van der Waals surface area contributed by atoms with Crippen LogP contribution in [0.3, 0.4) is 0 Å². The molecule has 21 heavy (non-hydrogen) atoms. The van der Waals surface area contributed by atoms with Crippen LogP contribution in [-0.2, 0) is 4.79 Å². The smallest absolute Gasteiger partial charge is 0.319 e. The minimum absolute atomic E-state index is 0.0705. The third-order valence-electron chi connectivity index (χ3n) is 5.52. The molecule has 0 aromatic carbocycles. The summed E-state index contributed by atoms with van der Waals surface area (Å²) < 4.78 is 0. The maximum atomic E-state index is 12.6. The molecule has 0 bridgehead atoms. The highest BCUT2D eigenvalue weighted by atomic mass is 16.4. The van der Waals surface area contributed by atoms with Gasteiger partial charge in [0.25, 0.3) is 0 Å². The number of urea groups is 1. The van der Waals surface area contributed by atoms with Crippen LogP contribution in [0, 0.1) is 11.3 Å². The van der Waals surface area contributed by atoms with Gasteiger partial charge < -0.3 is 14.9 Å². The minimum Gasteiger partial charge on any atom is -0.481 e. The van der Waals surface area contributed by atoms with E-state index in [0.717, 1.165) is 6.42 Å². The summed E-state index contributed by atoms with van der Waals surface area (Å²) in [6, 6.07) is 0.403. The molecule has 2 fully saturated rings. The van der Waals surface area contributed by atoms with Crippen molar-refractivity contribution in [2.45, 2.75) is 58.4 Å². The van der Waals surface area contributed by atoms with Crippen LogP contribution in [-0.4, -0.2) is 53.1 Å². The van der Waals surface area contributed by atoms with Crippen molar-refractivity contribution in [1.82, 2.24) is 9.80 Å². The lowest BCUT2D eigenvalue weighted by atomic mass is 9.80. The van der Waals surface area contributed by atoms with Crippen molar-refractivity contribution in [2.75, 3.05) is 20.1 Å². The summed E-state index contributed by atoms with van der Waals surface area (Å²) in [6.07, 6.45) is 5.83. The molecular weight excluding hydrogens is 268 g/mol. The minimum atomic E-state index is -0.746. The van der Waals surface area contributed by atoms with E-state index in [9.17, 15) is 14.7 Å². The van der Waals surface area contributed by atoms with Gasteiger partial charge in [-0.3, -0.25) is 4.79 Å². The van der Waals surface area contributed by atoms with Crippen LogP contribution in [0.25, 0.3) is 0 Å². The molecule has 1 heterocycles. The zero-order valence-corrected chi connectivity index (χ0v) is 13.5. The van der Waals surface area contributed by atoms with Gasteiger partial charge in [0.05, 0.1) is 5.41 Å². The molecule has 5 heteroatoms. The van der Waals surface area contributed by atoms with Crippen molar-refractivity contribution < 1.29 is 14.7 Å². The first kappa shape index (κ1) is 16.1. The molecular formula is C16H28N2O3. The highest BCUT2D eigenvalue weighted by molar-refractivity contribution is 5.77. The summed E-state index contributed by atoms with van der Waals surface area (Å²) in [5.41, 5.74) is -0.673. The molecule has 2 rings (SSSR count). The Morgan fingerprint density at radius 2 is 1.76 bits per heavy atom. The Bertz CT molecular complexity index is 402. The Hall–Kier alpha value is -1.26. The summed E-state index contributed by atoms with van der Waals surface area (Å²) in [5.74, 6) is -0.189. The van der Waals surface area contributed by atoms with Crippen LogP contribution < -0.4 is 0 Å². The van der Waals surface area contributed by atoms with Crippen molar-refractivity contribution in [1.29, 1.82) is 0 Å². The largest absolute Gasteiger partial charge is 0.481 e. The normalized spacial score (nSPS) is 29.0. The quantitative estimate of drug-likeness (QED) is 0.852. The number of carboxylic acid groups (broad SMARTS) is 1. The van der Waals surface area contributed by atoms with Gasteiger partial charge in [-0.05, 0) is 38.5 Å². The van der Waals surface area contributed by atoms with Crippen molar-refractivity contribution >= 4 is 12.0 Å². The molecule has 2 aliphatic rings. The van der Waals surface area contributed by atoms with E-state index in [0.29, 0.717) is 37.9 Å². The Balaban J connectivity index is 1.93. The molecule has 5 nitrogen and oxygen atoms in total. The molecule has 1 aliphatic heterocycles. The lowest BCUT2D eigenvalue weighted by molar-refractivity contribution is -0.150. The van der Waals surface area contributed by atoms with Gasteiger partial charge in [0, 0.05) is 26.2 Å². The molecule has 2 atom stereocenters. The van der Waals surface area contributed by atoms with E-state index in [1.165, 1.54) is 19.3 Å². The van der Waals surface area contributed by atoms with E-state index in [4.69, 9.17) is 0 Å². The Morgan fingerprint density at radius 3 is 2.29 bits per heavy atom. The molecule has 0 spiro atoms. The highest BCUT2D eigenvalue weighted by Crippen LogP contribution is 2.32. The number of amides is 2. The van der Waals surface area contributed by atoms with Crippen molar-refractivity contribution in [3.8, 4) is 0 Å². The standard InChI is InChI=1S/C16H28N2O3/c1-12-6-4-5-7-13(12)17(3)15(21)18-10-8-16(2,9-11-18)14(19)20/h12-13H,4-11H2,1-3H3,(H,19,20). The lowest BCUT2D eigenvalue weighted by Gasteiger charge is -2.42. The SMILES string of the molecule is CC1CCCCC1N(C)C(=O)N1CCC(C)(C(=O)O)CC1. The topological polar surface area (TPSA) is 60.9 Å². The van der Waals surface area contributed by atoms with Gasteiger partial charge in [-0.1, -0.05) is 19.8 Å². The van der Waals surface area contributed by atoms with E-state index >= 15 is 0 Å². The number of nitrogens with zero attached hydrogens (tertiary/aromatic N) is 2. The van der Waals surface area contributed by atoms with Crippen LogP contribution in [0.2, 0.25) is 0 Å². The summed E-state index contributed by atoms with van der Waals surface area (Å²) in [7, 11) is 1.90. The van der Waals surface area contributed by atoms with E-state index in [-0.39, 0.29) is 6.03 Å². The summed E-state index contributed by atoms with van der Waals surface area (Å²) >= 11 is 0. The fourth-order valence-electron chi connectivity index (χ4n) is 3.64. The lowest BCUT2D eigenvalue weighted by Crippen LogP contribution is -2.53. The first-order chi connectivity index (χ1) is 9.85. The molecule has 1 N–H and O–H groups in total. The number of carbonyl (C=O) groups excluding carboxylic acids is 1. The number of hydrogen-bond donors (Lipinski definition) is 1. The molecule has 1 saturated carbocycles. The van der Waals surface area contributed by atoms with Crippen LogP contribution in [0.4, 0.5) is 4.79 Å². The Kier molecular flexibility index (Phi) is 4.79. The van der Waals surface area contributed by atoms with Crippen LogP contribution in [0.15, 0.2) is 0 Å². The zero-order chi connectivity index (χ0) is 15.6. The summed E-state index contributed by atoms with van der Waals surface area (Å²) in [5, 5.41) is 9.26. The number of hydrogen-bond acceptors (Lipinski definition) is 2. The van der Waals surface area contributed by atoms with E-state index in [1.807, 2.05) is 16.8 Å². The van der Waals surface area contributed by atoms with E-state index in [1.54, 1.807) is 6.92 Å². The predicted octanol–water partition coefficient (Wildman–Crippen LogP) is 2.80. The number of likely N-dealkylation sites (tertiary alicyclic amines) is 1. The van der Waals surface area contributed by atoms with Gasteiger partial charge in [-0.25, -0.2) is 4.79 Å². The predicted molar refractivity (Wildman–Crippen MR) is 81.1 cm³/mol. The average molecular weight is 296 g/mol. The van der Waals surface area contributed by atoms with Crippen LogP contribution in [0.5, 0.6) is 0 Å². The molecule has 1 aliphatic carbocycles. The van der Waals surface area contributed by atoms with Crippen LogP contribution in [0.1, 0.15) is 52.4 Å². The van der Waals surface area contributed by atoms with Gasteiger partial charge in [0.2, 0.25) is 0 Å². The molecule has 1 saturated heterocycles. The van der Waals surface area contributed by atoms with Crippen molar-refractivity contribution in [2.24, 2.45) is 11.3 Å². The average Bonchev–Trinajstić information content (AvgIpc) is 2.47. The second-order valence-electron chi connectivity index (χ2n) is 7.08. The molecule has 0 radical (unpaired) electrons. The maximum Gasteiger partial charge on any atom is 0.319 e. The summed E-state index contributed by atoms with van der Waals surface area (Å²) in [6.45, 7) is 5.11. The van der Waals surface area contributed by atoms with E-state index in [2.05, 4.69) is 6.92 Å². The fourth-order valence-corrected chi connectivity index (χ4v) is 3.64. The number of rotatable bonds is 2. The van der Waals surface area contributed by atoms with Gasteiger partial charge in [-0.15, -0.1) is 0 Å². The molecule has 0 aromatic heterocycles. The van der Waals surface area contributed by atoms with Gasteiger partial charge in [0.15, 0.2) is 0 Å². The van der Waals surface area contributed by atoms with Crippen molar-refractivity contribution in [3.63, 3.8) is 0 Å².